The molecule has 0 aromatic heterocycles. The minimum atomic E-state index is -0.196. The van der Waals surface area contributed by atoms with E-state index in [2.05, 4.69) is 38.3 Å². The van der Waals surface area contributed by atoms with Crippen LogP contribution in [-0.2, 0) is 0 Å². The van der Waals surface area contributed by atoms with Crippen molar-refractivity contribution in [1.82, 2.24) is 10.6 Å². The summed E-state index contributed by atoms with van der Waals surface area (Å²) in [5, 5.41) is 16.9. The summed E-state index contributed by atoms with van der Waals surface area (Å²) >= 11 is 0. The summed E-state index contributed by atoms with van der Waals surface area (Å²) in [6, 6.07) is 0.767. The Morgan fingerprint density at radius 3 is 2.40 bits per heavy atom. The van der Waals surface area contributed by atoms with Gasteiger partial charge in [-0.2, -0.15) is 0 Å². The molecule has 90 valence electrons. The number of hydrogen-bond acceptors (Lipinski definition) is 3. The lowest BCUT2D eigenvalue weighted by Crippen LogP contribution is -2.52. The van der Waals surface area contributed by atoms with Crippen molar-refractivity contribution in [2.75, 3.05) is 6.54 Å². The third-order valence-electron chi connectivity index (χ3n) is 2.92. The van der Waals surface area contributed by atoms with Crippen LogP contribution < -0.4 is 10.6 Å². The fourth-order valence-corrected chi connectivity index (χ4v) is 2.39. The number of rotatable bonds is 3. The highest BCUT2D eigenvalue weighted by atomic mass is 16.3. The van der Waals surface area contributed by atoms with E-state index in [-0.39, 0.29) is 11.6 Å². The zero-order valence-corrected chi connectivity index (χ0v) is 10.5. The Labute approximate surface area is 93.6 Å². The van der Waals surface area contributed by atoms with Gasteiger partial charge in [0, 0.05) is 17.6 Å². The molecule has 0 unspecified atom stereocenters. The lowest BCUT2D eigenvalue weighted by Gasteiger charge is -2.37. The molecule has 0 radical (unpaired) electrons. The van der Waals surface area contributed by atoms with E-state index in [9.17, 15) is 5.11 Å². The molecule has 3 nitrogen and oxygen atoms in total. The van der Waals surface area contributed by atoms with Crippen LogP contribution in [0.15, 0.2) is 0 Å². The minimum absolute atomic E-state index is 0.148. The van der Waals surface area contributed by atoms with Crippen LogP contribution in [0, 0.1) is 0 Å². The highest BCUT2D eigenvalue weighted by Crippen LogP contribution is 2.21. The fourth-order valence-electron chi connectivity index (χ4n) is 2.39. The number of hydrogen-bond donors (Lipinski definition) is 3. The predicted molar refractivity (Wildman–Crippen MR) is 64.0 cm³/mol. The summed E-state index contributed by atoms with van der Waals surface area (Å²) in [7, 11) is 0. The van der Waals surface area contributed by atoms with Gasteiger partial charge in [0.2, 0.25) is 0 Å². The van der Waals surface area contributed by atoms with E-state index in [4.69, 9.17) is 0 Å². The molecule has 1 rings (SSSR count). The van der Waals surface area contributed by atoms with Gasteiger partial charge in [0.25, 0.3) is 0 Å². The molecule has 1 saturated carbocycles. The Morgan fingerprint density at radius 1 is 1.27 bits per heavy atom. The molecule has 1 aliphatic rings. The van der Waals surface area contributed by atoms with Crippen molar-refractivity contribution in [3.05, 3.63) is 0 Å². The molecule has 3 N–H and O–H groups in total. The molecule has 0 amide bonds. The fraction of sp³-hybridized carbons (Fsp3) is 1.00. The highest BCUT2D eigenvalue weighted by Gasteiger charge is 2.29. The minimum Gasteiger partial charge on any atom is -0.391 e. The van der Waals surface area contributed by atoms with E-state index < -0.39 is 0 Å². The molecular formula is C12H26N2O. The molecule has 1 aliphatic carbocycles. The van der Waals surface area contributed by atoms with Gasteiger partial charge >= 0.3 is 0 Å². The molecular weight excluding hydrogens is 188 g/mol. The Bertz CT molecular complexity index is 189. The molecule has 3 heteroatoms. The van der Waals surface area contributed by atoms with Gasteiger partial charge in [-0.25, -0.2) is 0 Å². The highest BCUT2D eigenvalue weighted by molar-refractivity contribution is 4.90. The average molecular weight is 214 g/mol. The molecule has 0 aromatic rings. The van der Waals surface area contributed by atoms with Gasteiger partial charge in [-0.15, -0.1) is 0 Å². The number of nitrogens with one attached hydrogen (secondary N) is 2. The van der Waals surface area contributed by atoms with E-state index in [1.54, 1.807) is 0 Å². The second-order valence-corrected chi connectivity index (χ2v) is 5.64. The van der Waals surface area contributed by atoms with Crippen molar-refractivity contribution in [3.63, 3.8) is 0 Å². The monoisotopic (exact) mass is 214 g/mol. The quantitative estimate of drug-likeness (QED) is 0.663. The van der Waals surface area contributed by atoms with Gasteiger partial charge < -0.3 is 15.7 Å². The summed E-state index contributed by atoms with van der Waals surface area (Å²) in [6.45, 7) is 9.56. The van der Waals surface area contributed by atoms with Crippen LogP contribution in [0.3, 0.4) is 0 Å². The Morgan fingerprint density at radius 2 is 1.93 bits per heavy atom. The van der Waals surface area contributed by atoms with Crippen LogP contribution in [0.5, 0.6) is 0 Å². The SMILES string of the molecule is CCN[C@@H]1CC[C@@H](NC(C)(C)C)C[C@@H]1O. The lowest BCUT2D eigenvalue weighted by atomic mass is 9.87. The summed E-state index contributed by atoms with van der Waals surface area (Å²) in [5.74, 6) is 0. The summed E-state index contributed by atoms with van der Waals surface area (Å²) in [5.41, 5.74) is 0.148. The van der Waals surface area contributed by atoms with Crippen molar-refractivity contribution in [2.45, 2.75) is 70.7 Å². The Hall–Kier alpha value is -0.120. The van der Waals surface area contributed by atoms with Crippen molar-refractivity contribution < 1.29 is 5.11 Å². The van der Waals surface area contributed by atoms with Crippen LogP contribution in [0.2, 0.25) is 0 Å². The van der Waals surface area contributed by atoms with Crippen molar-refractivity contribution in [1.29, 1.82) is 0 Å². The molecule has 0 aliphatic heterocycles. The molecule has 0 heterocycles. The smallest absolute Gasteiger partial charge is 0.0708 e. The maximum absolute atomic E-state index is 9.96. The summed E-state index contributed by atoms with van der Waals surface area (Å²) in [6.07, 6.45) is 2.91. The third kappa shape index (κ3) is 4.49. The van der Waals surface area contributed by atoms with Gasteiger partial charge in [0.1, 0.15) is 0 Å². The van der Waals surface area contributed by atoms with Gasteiger partial charge in [0.15, 0.2) is 0 Å². The van der Waals surface area contributed by atoms with E-state index in [0.29, 0.717) is 12.1 Å². The first-order chi connectivity index (χ1) is 6.92. The van der Waals surface area contributed by atoms with Gasteiger partial charge in [-0.05, 0) is 46.6 Å². The molecule has 3 atom stereocenters. The molecule has 1 fully saturated rings. The molecule has 0 aromatic carbocycles. The van der Waals surface area contributed by atoms with Crippen LogP contribution >= 0.6 is 0 Å². The van der Waals surface area contributed by atoms with Crippen molar-refractivity contribution in [2.24, 2.45) is 0 Å². The number of likely N-dealkylation sites (N-methyl/N-ethyl adjacent to an activating group) is 1. The first-order valence-electron chi connectivity index (χ1n) is 6.11. The summed E-state index contributed by atoms with van der Waals surface area (Å²) < 4.78 is 0. The molecule has 0 spiro atoms. The Balaban J connectivity index is 2.37. The topological polar surface area (TPSA) is 44.3 Å². The van der Waals surface area contributed by atoms with Gasteiger partial charge in [0.05, 0.1) is 6.10 Å². The zero-order chi connectivity index (χ0) is 11.5. The molecule has 0 saturated heterocycles. The normalized spacial score (nSPS) is 33.0. The average Bonchev–Trinajstić information content (AvgIpc) is 2.07. The largest absolute Gasteiger partial charge is 0.391 e. The van der Waals surface area contributed by atoms with E-state index >= 15 is 0 Å². The number of aliphatic hydroxyl groups is 1. The predicted octanol–water partition coefficient (Wildman–Crippen LogP) is 1.27. The van der Waals surface area contributed by atoms with Gasteiger partial charge in [-0.3, -0.25) is 0 Å². The maximum atomic E-state index is 9.96. The van der Waals surface area contributed by atoms with Crippen LogP contribution in [-0.4, -0.2) is 35.4 Å². The molecule has 0 bridgehead atoms. The Kier molecular flexibility index (Phi) is 4.56. The van der Waals surface area contributed by atoms with E-state index in [1.165, 1.54) is 0 Å². The van der Waals surface area contributed by atoms with Crippen molar-refractivity contribution >= 4 is 0 Å². The van der Waals surface area contributed by atoms with Crippen LogP contribution in [0.4, 0.5) is 0 Å². The standard InChI is InChI=1S/C12H26N2O/c1-5-13-10-7-6-9(8-11(10)15)14-12(2,3)4/h9-11,13-15H,5-8H2,1-4H3/t9-,10-,11+/m1/s1. The van der Waals surface area contributed by atoms with Gasteiger partial charge in [-0.1, -0.05) is 6.92 Å². The maximum Gasteiger partial charge on any atom is 0.0708 e. The lowest BCUT2D eigenvalue weighted by molar-refractivity contribution is 0.0705. The third-order valence-corrected chi connectivity index (χ3v) is 2.92. The van der Waals surface area contributed by atoms with Crippen LogP contribution in [0.1, 0.15) is 47.0 Å². The first-order valence-corrected chi connectivity index (χ1v) is 6.11. The zero-order valence-electron chi connectivity index (χ0n) is 10.5. The second kappa shape index (κ2) is 5.28. The number of aliphatic hydroxyl groups excluding tert-OH is 1. The van der Waals surface area contributed by atoms with Crippen LogP contribution in [0.25, 0.3) is 0 Å². The summed E-state index contributed by atoms with van der Waals surface area (Å²) in [4.78, 5) is 0. The first kappa shape index (κ1) is 12.9. The second-order valence-electron chi connectivity index (χ2n) is 5.64. The molecule has 15 heavy (non-hydrogen) atoms. The van der Waals surface area contributed by atoms with Crippen molar-refractivity contribution in [3.8, 4) is 0 Å². The van der Waals surface area contributed by atoms with E-state index in [0.717, 1.165) is 25.8 Å². The van der Waals surface area contributed by atoms with E-state index in [1.807, 2.05) is 0 Å².